The topological polar surface area (TPSA) is 89.9 Å². The monoisotopic (exact) mass is 328 g/mol. The molecule has 1 aliphatic heterocycles. The van der Waals surface area contributed by atoms with Crippen molar-refractivity contribution in [3.63, 3.8) is 0 Å². The lowest BCUT2D eigenvalue weighted by Gasteiger charge is -2.33. The second-order valence-electron chi connectivity index (χ2n) is 4.22. The molecule has 1 aromatic carbocycles. The maximum absolute atomic E-state index is 12.3. The highest BCUT2D eigenvalue weighted by Crippen LogP contribution is 2.24. The van der Waals surface area contributed by atoms with Gasteiger partial charge in [0.15, 0.2) is 0 Å². The molecular weight excluding hydrogens is 316 g/mol. The number of carbonyl (C=O) groups is 2. The van der Waals surface area contributed by atoms with Crippen molar-refractivity contribution < 1.29 is 19.8 Å². The number of carbonyl (C=O) groups excluding carboxylic acids is 1. The maximum atomic E-state index is 12.3. The number of phenolic OH excluding ortho intramolecular Hbond substituents is 1. The van der Waals surface area contributed by atoms with Crippen molar-refractivity contribution in [3.8, 4) is 5.75 Å². The number of aromatic hydroxyl groups is 1. The Bertz CT molecular complexity index is 520. The van der Waals surface area contributed by atoms with Gasteiger partial charge in [-0.3, -0.25) is 4.79 Å². The van der Waals surface area contributed by atoms with Crippen molar-refractivity contribution in [2.75, 3.05) is 19.6 Å². The minimum Gasteiger partial charge on any atom is -0.507 e. The van der Waals surface area contributed by atoms with Crippen molar-refractivity contribution in [3.05, 3.63) is 28.2 Å². The van der Waals surface area contributed by atoms with Crippen LogP contribution in [0, 0.1) is 0 Å². The highest BCUT2D eigenvalue weighted by molar-refractivity contribution is 9.10. The van der Waals surface area contributed by atoms with Crippen LogP contribution < -0.4 is 5.32 Å². The summed E-state index contributed by atoms with van der Waals surface area (Å²) in [5.74, 6) is -1.70. The van der Waals surface area contributed by atoms with E-state index in [1.807, 2.05) is 0 Å². The van der Waals surface area contributed by atoms with Crippen molar-refractivity contribution >= 4 is 27.8 Å². The molecule has 1 atom stereocenters. The van der Waals surface area contributed by atoms with Gasteiger partial charge in [-0.2, -0.15) is 0 Å². The van der Waals surface area contributed by atoms with Gasteiger partial charge in [-0.1, -0.05) is 15.9 Å². The van der Waals surface area contributed by atoms with E-state index < -0.39 is 17.9 Å². The second-order valence-corrected chi connectivity index (χ2v) is 5.13. The summed E-state index contributed by atoms with van der Waals surface area (Å²) < 4.78 is 0.650. The fourth-order valence-electron chi connectivity index (χ4n) is 2.01. The van der Waals surface area contributed by atoms with Gasteiger partial charge < -0.3 is 20.4 Å². The zero-order chi connectivity index (χ0) is 14.0. The van der Waals surface area contributed by atoms with Crippen molar-refractivity contribution in [2.24, 2.45) is 0 Å². The smallest absolute Gasteiger partial charge is 0.327 e. The first kappa shape index (κ1) is 13.8. The van der Waals surface area contributed by atoms with Crippen molar-refractivity contribution in [2.45, 2.75) is 6.04 Å². The van der Waals surface area contributed by atoms with Gasteiger partial charge in [-0.25, -0.2) is 4.79 Å². The minimum atomic E-state index is -1.06. The molecule has 1 unspecified atom stereocenters. The summed E-state index contributed by atoms with van der Waals surface area (Å²) in [6, 6.07) is 3.60. The third-order valence-corrected chi connectivity index (χ3v) is 3.47. The molecule has 1 fully saturated rings. The standard InChI is InChI=1S/C12H13BrN2O4/c13-7-1-2-8(10(16)5-7)11(17)15-4-3-14-6-9(15)12(18)19/h1-2,5,9,14,16H,3-4,6H2,(H,18,19). The molecule has 1 aliphatic rings. The Balaban J connectivity index is 2.28. The van der Waals surface area contributed by atoms with Crippen molar-refractivity contribution in [1.82, 2.24) is 10.2 Å². The summed E-state index contributed by atoms with van der Waals surface area (Å²) >= 11 is 3.19. The van der Waals surface area contributed by atoms with Crippen LogP contribution in [0.5, 0.6) is 5.75 Å². The van der Waals surface area contributed by atoms with Gasteiger partial charge in [0, 0.05) is 24.1 Å². The molecule has 3 N–H and O–H groups in total. The first-order chi connectivity index (χ1) is 9.00. The van der Waals surface area contributed by atoms with E-state index in [9.17, 15) is 14.7 Å². The molecule has 0 radical (unpaired) electrons. The number of carboxylic acid groups (broad SMARTS) is 1. The molecule has 0 spiro atoms. The lowest BCUT2D eigenvalue weighted by molar-refractivity contribution is -0.142. The number of phenols is 1. The molecule has 0 bridgehead atoms. The first-order valence-electron chi connectivity index (χ1n) is 5.73. The molecule has 1 heterocycles. The molecule has 1 saturated heterocycles. The van der Waals surface area contributed by atoms with Crippen LogP contribution in [0.4, 0.5) is 0 Å². The highest BCUT2D eigenvalue weighted by Gasteiger charge is 2.33. The Morgan fingerprint density at radius 2 is 2.16 bits per heavy atom. The van der Waals surface area contributed by atoms with E-state index in [-0.39, 0.29) is 17.9 Å². The molecule has 2 rings (SSSR count). The molecule has 6 nitrogen and oxygen atoms in total. The van der Waals surface area contributed by atoms with Crippen LogP contribution in [0.1, 0.15) is 10.4 Å². The molecular formula is C12H13BrN2O4. The highest BCUT2D eigenvalue weighted by atomic mass is 79.9. The number of hydrogen-bond acceptors (Lipinski definition) is 4. The van der Waals surface area contributed by atoms with E-state index in [1.54, 1.807) is 6.07 Å². The summed E-state index contributed by atoms with van der Waals surface area (Å²) in [7, 11) is 0. The Hall–Kier alpha value is -1.60. The van der Waals surface area contributed by atoms with Crippen LogP contribution in [0.25, 0.3) is 0 Å². The van der Waals surface area contributed by atoms with Crippen LogP contribution in [0.2, 0.25) is 0 Å². The Morgan fingerprint density at radius 1 is 1.42 bits per heavy atom. The predicted molar refractivity (Wildman–Crippen MR) is 71.1 cm³/mol. The van der Waals surface area contributed by atoms with Crippen molar-refractivity contribution in [1.29, 1.82) is 0 Å². The maximum Gasteiger partial charge on any atom is 0.327 e. The van der Waals surface area contributed by atoms with Gasteiger partial charge in [-0.15, -0.1) is 0 Å². The van der Waals surface area contributed by atoms with E-state index in [1.165, 1.54) is 17.0 Å². The summed E-state index contributed by atoms with van der Waals surface area (Å²) in [5.41, 5.74) is 0.108. The van der Waals surface area contributed by atoms with Crippen LogP contribution >= 0.6 is 15.9 Å². The predicted octanol–water partition coefficient (Wildman–Crippen LogP) is 0.653. The first-order valence-corrected chi connectivity index (χ1v) is 6.53. The van der Waals surface area contributed by atoms with E-state index in [0.29, 0.717) is 17.6 Å². The van der Waals surface area contributed by atoms with E-state index >= 15 is 0 Å². The lowest BCUT2D eigenvalue weighted by Crippen LogP contribution is -2.56. The number of aliphatic carboxylic acids is 1. The molecule has 0 aliphatic carbocycles. The molecule has 7 heteroatoms. The van der Waals surface area contributed by atoms with Crippen LogP contribution in [-0.4, -0.2) is 52.7 Å². The van der Waals surface area contributed by atoms with Gasteiger partial charge in [0.05, 0.1) is 5.56 Å². The molecule has 1 aromatic rings. The average Bonchev–Trinajstić information content (AvgIpc) is 2.38. The van der Waals surface area contributed by atoms with Gasteiger partial charge >= 0.3 is 5.97 Å². The Kier molecular flexibility index (Phi) is 4.06. The number of benzene rings is 1. The van der Waals surface area contributed by atoms with E-state index in [2.05, 4.69) is 21.2 Å². The fraction of sp³-hybridized carbons (Fsp3) is 0.333. The van der Waals surface area contributed by atoms with Crippen LogP contribution in [0.15, 0.2) is 22.7 Å². The third-order valence-electron chi connectivity index (χ3n) is 2.98. The number of halogens is 1. The Labute approximate surface area is 118 Å². The average molecular weight is 329 g/mol. The number of hydrogen-bond donors (Lipinski definition) is 3. The molecule has 102 valence electrons. The summed E-state index contributed by atoms with van der Waals surface area (Å²) in [4.78, 5) is 24.7. The zero-order valence-electron chi connectivity index (χ0n) is 9.97. The number of amides is 1. The second kappa shape index (κ2) is 5.58. The molecule has 19 heavy (non-hydrogen) atoms. The molecule has 0 saturated carbocycles. The summed E-state index contributed by atoms with van der Waals surface area (Å²) in [6.45, 7) is 1.04. The third kappa shape index (κ3) is 2.87. The quantitative estimate of drug-likeness (QED) is 0.741. The van der Waals surface area contributed by atoms with E-state index in [4.69, 9.17) is 5.11 Å². The fourth-order valence-corrected chi connectivity index (χ4v) is 2.36. The minimum absolute atomic E-state index is 0.108. The van der Waals surface area contributed by atoms with Gasteiger partial charge in [0.25, 0.3) is 5.91 Å². The largest absolute Gasteiger partial charge is 0.507 e. The number of nitrogens with one attached hydrogen (secondary N) is 1. The molecule has 1 amide bonds. The number of carboxylic acids is 1. The van der Waals surface area contributed by atoms with Crippen LogP contribution in [0.3, 0.4) is 0 Å². The number of rotatable bonds is 2. The lowest BCUT2D eigenvalue weighted by atomic mass is 10.1. The molecule has 0 aromatic heterocycles. The number of nitrogens with zero attached hydrogens (tertiary/aromatic N) is 1. The SMILES string of the molecule is O=C(O)C1CNCCN1C(=O)c1ccc(Br)cc1O. The van der Waals surface area contributed by atoms with Gasteiger partial charge in [0.1, 0.15) is 11.8 Å². The summed E-state index contributed by atoms with van der Waals surface area (Å²) in [5, 5.41) is 21.8. The normalized spacial score (nSPS) is 19.2. The zero-order valence-corrected chi connectivity index (χ0v) is 11.6. The summed E-state index contributed by atoms with van der Waals surface area (Å²) in [6.07, 6.45) is 0. The van der Waals surface area contributed by atoms with Gasteiger partial charge in [-0.05, 0) is 18.2 Å². The number of piperazine rings is 1. The van der Waals surface area contributed by atoms with Crippen LogP contribution in [-0.2, 0) is 4.79 Å². The Morgan fingerprint density at radius 3 is 2.79 bits per heavy atom. The van der Waals surface area contributed by atoms with Gasteiger partial charge in [0.2, 0.25) is 0 Å². The van der Waals surface area contributed by atoms with E-state index in [0.717, 1.165) is 0 Å².